The Labute approximate surface area is 186 Å². The lowest BCUT2D eigenvalue weighted by Crippen LogP contribution is -2.33. The summed E-state index contributed by atoms with van der Waals surface area (Å²) in [6, 6.07) is 12.2. The average Bonchev–Trinajstić information content (AvgIpc) is 3.16. The minimum Gasteiger partial charge on any atom is -0.484 e. The van der Waals surface area contributed by atoms with Gasteiger partial charge in [-0.2, -0.15) is 0 Å². The zero-order chi connectivity index (χ0) is 22.4. The van der Waals surface area contributed by atoms with Crippen LogP contribution >= 0.6 is 11.6 Å². The summed E-state index contributed by atoms with van der Waals surface area (Å²) in [5.41, 5.74) is 2.13. The molecule has 164 valence electrons. The van der Waals surface area contributed by atoms with E-state index in [4.69, 9.17) is 16.3 Å². The number of hydrogen-bond acceptors (Lipinski definition) is 4. The lowest BCUT2D eigenvalue weighted by Gasteiger charge is -2.17. The van der Waals surface area contributed by atoms with Crippen LogP contribution < -0.4 is 20.3 Å². The molecule has 0 radical (unpaired) electrons. The monoisotopic (exact) mass is 443 g/mol. The molecule has 0 bridgehead atoms. The zero-order valence-corrected chi connectivity index (χ0v) is 18.4. The van der Waals surface area contributed by atoms with Crippen molar-refractivity contribution in [3.63, 3.8) is 0 Å². The smallest absolute Gasteiger partial charge is 0.262 e. The van der Waals surface area contributed by atoms with Crippen molar-refractivity contribution in [1.82, 2.24) is 5.32 Å². The van der Waals surface area contributed by atoms with Crippen molar-refractivity contribution >= 4 is 40.7 Å². The number of nitrogens with zero attached hydrogens (tertiary/aromatic N) is 1. The van der Waals surface area contributed by atoms with E-state index in [0.717, 1.165) is 12.0 Å². The highest BCUT2D eigenvalue weighted by Crippen LogP contribution is 2.27. The largest absolute Gasteiger partial charge is 0.484 e. The molecule has 3 rings (SSSR count). The van der Waals surface area contributed by atoms with Gasteiger partial charge in [0.25, 0.3) is 5.91 Å². The predicted molar refractivity (Wildman–Crippen MR) is 121 cm³/mol. The van der Waals surface area contributed by atoms with E-state index < -0.39 is 0 Å². The molecule has 1 atom stereocenters. The first-order valence-electron chi connectivity index (χ1n) is 10.2. The van der Waals surface area contributed by atoms with Crippen molar-refractivity contribution in [3.8, 4) is 5.75 Å². The Hall–Kier alpha value is -3.06. The first kappa shape index (κ1) is 22.6. The number of halogens is 1. The minimum absolute atomic E-state index is 0.0819. The second-order valence-electron chi connectivity index (χ2n) is 7.44. The summed E-state index contributed by atoms with van der Waals surface area (Å²) in [6.45, 7) is 4.62. The summed E-state index contributed by atoms with van der Waals surface area (Å²) < 4.78 is 5.55. The van der Waals surface area contributed by atoms with E-state index in [0.29, 0.717) is 35.2 Å². The number of benzene rings is 2. The maximum atomic E-state index is 12.3. The Bertz CT molecular complexity index is 962. The number of carbonyl (C=O) groups is 3. The molecule has 1 aliphatic heterocycles. The number of ether oxygens (including phenoxy) is 1. The molecule has 2 aromatic rings. The molecule has 8 heteroatoms. The Balaban J connectivity index is 1.53. The second-order valence-corrected chi connectivity index (χ2v) is 7.85. The molecular weight excluding hydrogens is 418 g/mol. The van der Waals surface area contributed by atoms with Crippen molar-refractivity contribution in [2.45, 2.75) is 26.7 Å². The third-order valence-corrected chi connectivity index (χ3v) is 5.51. The first-order valence-corrected chi connectivity index (χ1v) is 10.6. The van der Waals surface area contributed by atoms with Crippen LogP contribution in [0.4, 0.5) is 11.4 Å². The average molecular weight is 444 g/mol. The van der Waals surface area contributed by atoms with Crippen molar-refractivity contribution < 1.29 is 19.1 Å². The Morgan fingerprint density at radius 1 is 1.19 bits per heavy atom. The number of rotatable bonds is 8. The normalized spacial score (nSPS) is 15.6. The Morgan fingerprint density at radius 3 is 2.65 bits per heavy atom. The number of hydrogen-bond donors (Lipinski definition) is 2. The fourth-order valence-corrected chi connectivity index (χ4v) is 3.50. The topological polar surface area (TPSA) is 87.7 Å². The van der Waals surface area contributed by atoms with Gasteiger partial charge in [-0.05, 0) is 55.3 Å². The molecule has 1 heterocycles. The van der Waals surface area contributed by atoms with Gasteiger partial charge in [-0.1, -0.05) is 24.6 Å². The molecule has 0 aromatic heterocycles. The molecule has 3 amide bonds. The fraction of sp³-hybridized carbons (Fsp3) is 0.348. The quantitative estimate of drug-likeness (QED) is 0.653. The van der Waals surface area contributed by atoms with Gasteiger partial charge in [0.05, 0.1) is 5.92 Å². The van der Waals surface area contributed by atoms with Crippen LogP contribution in [0.1, 0.15) is 25.3 Å². The van der Waals surface area contributed by atoms with Gasteiger partial charge in [0, 0.05) is 35.9 Å². The number of amides is 3. The highest BCUT2D eigenvalue weighted by molar-refractivity contribution is 6.31. The van der Waals surface area contributed by atoms with Crippen LogP contribution in [0.5, 0.6) is 5.75 Å². The Kier molecular flexibility index (Phi) is 7.52. The second kappa shape index (κ2) is 10.3. The lowest BCUT2D eigenvalue weighted by molar-refractivity contribution is -0.126. The Morgan fingerprint density at radius 2 is 1.94 bits per heavy atom. The van der Waals surface area contributed by atoms with E-state index in [9.17, 15) is 14.4 Å². The van der Waals surface area contributed by atoms with Crippen molar-refractivity contribution in [2.75, 3.05) is 29.9 Å². The van der Waals surface area contributed by atoms with E-state index in [1.807, 2.05) is 13.8 Å². The number of anilines is 2. The maximum Gasteiger partial charge on any atom is 0.262 e. The van der Waals surface area contributed by atoms with Crippen LogP contribution in [0.15, 0.2) is 42.5 Å². The molecule has 2 N–H and O–H groups in total. The van der Waals surface area contributed by atoms with Crippen LogP contribution in [0.2, 0.25) is 5.02 Å². The molecule has 7 nitrogen and oxygen atoms in total. The summed E-state index contributed by atoms with van der Waals surface area (Å²) in [5.74, 6) is -0.301. The van der Waals surface area contributed by atoms with Gasteiger partial charge in [0.1, 0.15) is 5.75 Å². The first-order chi connectivity index (χ1) is 14.9. The third kappa shape index (κ3) is 5.76. The zero-order valence-electron chi connectivity index (χ0n) is 17.6. The fourth-order valence-electron chi connectivity index (χ4n) is 3.33. The summed E-state index contributed by atoms with van der Waals surface area (Å²) in [4.78, 5) is 38.3. The molecule has 31 heavy (non-hydrogen) atoms. The molecule has 0 unspecified atom stereocenters. The van der Waals surface area contributed by atoms with E-state index in [1.54, 1.807) is 47.4 Å². The molecule has 1 aliphatic rings. The van der Waals surface area contributed by atoms with Crippen LogP contribution in [0.3, 0.4) is 0 Å². The van der Waals surface area contributed by atoms with E-state index >= 15 is 0 Å². The van der Waals surface area contributed by atoms with Gasteiger partial charge < -0.3 is 20.3 Å². The maximum absolute atomic E-state index is 12.3. The van der Waals surface area contributed by atoms with Crippen LogP contribution in [-0.2, 0) is 14.4 Å². The molecular formula is C23H26ClN3O4. The standard InChI is InChI=1S/C23H26ClN3O4/c1-3-11-25-23(30)16-12-22(29)27(13-16)17-7-9-18(10-8-17)31-14-21(28)26-20-6-4-5-19(24)15(20)2/h4-10,16H,3,11-14H2,1-2H3,(H,25,30)(H,26,28)/t16-/m0/s1. The van der Waals surface area contributed by atoms with Gasteiger partial charge in [-0.3, -0.25) is 14.4 Å². The van der Waals surface area contributed by atoms with E-state index in [-0.39, 0.29) is 36.7 Å². The van der Waals surface area contributed by atoms with Gasteiger partial charge in [-0.15, -0.1) is 0 Å². The van der Waals surface area contributed by atoms with Gasteiger partial charge in [0.2, 0.25) is 11.8 Å². The van der Waals surface area contributed by atoms with Crippen LogP contribution in [0, 0.1) is 12.8 Å². The highest BCUT2D eigenvalue weighted by Gasteiger charge is 2.34. The van der Waals surface area contributed by atoms with E-state index in [1.165, 1.54) is 0 Å². The van der Waals surface area contributed by atoms with Crippen molar-refractivity contribution in [1.29, 1.82) is 0 Å². The highest BCUT2D eigenvalue weighted by atomic mass is 35.5. The van der Waals surface area contributed by atoms with Crippen molar-refractivity contribution in [3.05, 3.63) is 53.1 Å². The molecule has 1 fully saturated rings. The lowest BCUT2D eigenvalue weighted by atomic mass is 10.1. The van der Waals surface area contributed by atoms with E-state index in [2.05, 4.69) is 10.6 Å². The predicted octanol–water partition coefficient (Wildman–Crippen LogP) is 3.55. The molecule has 0 saturated carbocycles. The number of carbonyl (C=O) groups excluding carboxylic acids is 3. The van der Waals surface area contributed by atoms with Crippen molar-refractivity contribution in [2.24, 2.45) is 5.92 Å². The SMILES string of the molecule is CCCNC(=O)[C@H]1CC(=O)N(c2ccc(OCC(=O)Nc3cccc(Cl)c3C)cc2)C1. The third-order valence-electron chi connectivity index (χ3n) is 5.11. The van der Waals surface area contributed by atoms with Gasteiger partial charge in [0.15, 0.2) is 6.61 Å². The summed E-state index contributed by atoms with van der Waals surface area (Å²) in [5, 5.41) is 6.20. The van der Waals surface area contributed by atoms with Gasteiger partial charge in [-0.25, -0.2) is 0 Å². The number of nitrogens with one attached hydrogen (secondary N) is 2. The van der Waals surface area contributed by atoms with Crippen LogP contribution in [-0.4, -0.2) is 37.4 Å². The molecule has 0 aliphatic carbocycles. The molecule has 0 spiro atoms. The summed E-state index contributed by atoms with van der Waals surface area (Å²) in [6.07, 6.45) is 1.06. The molecule has 1 saturated heterocycles. The summed E-state index contributed by atoms with van der Waals surface area (Å²) in [7, 11) is 0. The van der Waals surface area contributed by atoms with Crippen LogP contribution in [0.25, 0.3) is 0 Å². The molecule has 2 aromatic carbocycles. The summed E-state index contributed by atoms with van der Waals surface area (Å²) >= 11 is 6.07. The van der Waals surface area contributed by atoms with Gasteiger partial charge >= 0.3 is 0 Å². The minimum atomic E-state index is -0.339.